The summed E-state index contributed by atoms with van der Waals surface area (Å²) < 4.78 is 0. The summed E-state index contributed by atoms with van der Waals surface area (Å²) in [6.45, 7) is 6.04. The molecular weight excluding hydrogens is 220 g/mol. The van der Waals surface area contributed by atoms with E-state index >= 15 is 0 Å². The third-order valence-electron chi connectivity index (χ3n) is 3.14. The highest BCUT2D eigenvalue weighted by Crippen LogP contribution is 2.15. The maximum atomic E-state index is 12.1. The van der Waals surface area contributed by atoms with Crippen LogP contribution in [-0.2, 0) is 9.59 Å². The van der Waals surface area contributed by atoms with Gasteiger partial charge in [-0.05, 0) is 39.3 Å². The molecule has 0 bridgehead atoms. The molecule has 1 aliphatic heterocycles. The van der Waals surface area contributed by atoms with Crippen LogP contribution in [0.15, 0.2) is 0 Å². The van der Waals surface area contributed by atoms with E-state index in [2.05, 4.69) is 5.32 Å². The van der Waals surface area contributed by atoms with Gasteiger partial charge in [-0.2, -0.15) is 0 Å². The van der Waals surface area contributed by atoms with E-state index in [1.807, 2.05) is 13.8 Å². The predicted octanol–water partition coefficient (Wildman–Crippen LogP) is 0.698. The van der Waals surface area contributed by atoms with Crippen LogP contribution in [0.5, 0.6) is 0 Å². The molecule has 0 aliphatic carbocycles. The van der Waals surface area contributed by atoms with E-state index in [1.54, 1.807) is 4.90 Å². The topological polar surface area (TPSA) is 69.6 Å². The first kappa shape index (κ1) is 14.0. The molecule has 5 heteroatoms. The molecule has 0 radical (unpaired) electrons. The summed E-state index contributed by atoms with van der Waals surface area (Å²) in [6.07, 6.45) is 1.59. The number of aliphatic carboxylic acids is 1. The highest BCUT2D eigenvalue weighted by molar-refractivity contribution is 5.77. The molecule has 1 unspecified atom stereocenters. The molecule has 0 spiro atoms. The smallest absolute Gasteiger partial charge is 0.305 e. The highest BCUT2D eigenvalue weighted by Gasteiger charge is 2.23. The van der Waals surface area contributed by atoms with Gasteiger partial charge >= 0.3 is 5.97 Å². The second-order valence-electron chi connectivity index (χ2n) is 4.89. The zero-order chi connectivity index (χ0) is 12.8. The minimum absolute atomic E-state index is 0.0207. The zero-order valence-corrected chi connectivity index (χ0v) is 10.6. The number of hydrogen-bond donors (Lipinski definition) is 2. The van der Waals surface area contributed by atoms with Crippen LogP contribution in [0.2, 0.25) is 0 Å². The number of nitrogens with one attached hydrogen (secondary N) is 1. The van der Waals surface area contributed by atoms with Crippen molar-refractivity contribution in [2.45, 2.75) is 39.2 Å². The number of carbonyl (C=O) groups excluding carboxylic acids is 1. The Morgan fingerprint density at radius 3 is 2.65 bits per heavy atom. The number of carbonyl (C=O) groups is 2. The van der Waals surface area contributed by atoms with E-state index in [0.29, 0.717) is 18.9 Å². The molecular formula is C12H22N2O3. The van der Waals surface area contributed by atoms with Crippen molar-refractivity contribution in [3.05, 3.63) is 0 Å². The molecule has 0 aromatic rings. The average molecular weight is 242 g/mol. The molecule has 1 fully saturated rings. The van der Waals surface area contributed by atoms with Crippen molar-refractivity contribution in [1.82, 2.24) is 10.2 Å². The Morgan fingerprint density at radius 2 is 2.18 bits per heavy atom. The second kappa shape index (κ2) is 6.59. The summed E-state index contributed by atoms with van der Waals surface area (Å²) in [4.78, 5) is 24.3. The fourth-order valence-electron chi connectivity index (χ4n) is 2.14. The van der Waals surface area contributed by atoms with Crippen LogP contribution in [0.3, 0.4) is 0 Å². The summed E-state index contributed by atoms with van der Waals surface area (Å²) >= 11 is 0. The van der Waals surface area contributed by atoms with Gasteiger partial charge in [-0.3, -0.25) is 9.59 Å². The SMILES string of the molecule is CC(C)N(CCC(=O)O)C(=O)CC1CCNC1. The van der Waals surface area contributed by atoms with Gasteiger partial charge in [0.2, 0.25) is 5.91 Å². The minimum Gasteiger partial charge on any atom is -0.481 e. The molecule has 1 rings (SSSR count). The van der Waals surface area contributed by atoms with Crippen molar-refractivity contribution in [2.24, 2.45) is 5.92 Å². The lowest BCUT2D eigenvalue weighted by atomic mass is 10.0. The lowest BCUT2D eigenvalue weighted by Gasteiger charge is -2.27. The fourth-order valence-corrected chi connectivity index (χ4v) is 2.14. The summed E-state index contributed by atoms with van der Waals surface area (Å²) in [5, 5.41) is 11.9. The average Bonchev–Trinajstić information content (AvgIpc) is 2.69. The first-order valence-corrected chi connectivity index (χ1v) is 6.22. The Labute approximate surface area is 102 Å². The third kappa shape index (κ3) is 4.73. The number of hydrogen-bond acceptors (Lipinski definition) is 3. The number of amides is 1. The van der Waals surface area contributed by atoms with E-state index in [0.717, 1.165) is 19.5 Å². The Bertz CT molecular complexity index is 273. The second-order valence-corrected chi connectivity index (χ2v) is 4.89. The standard InChI is InChI=1S/C12H22N2O3/c1-9(2)14(6-4-12(16)17)11(15)7-10-3-5-13-8-10/h9-10,13H,3-8H2,1-2H3,(H,16,17). The van der Waals surface area contributed by atoms with Gasteiger partial charge in [0.05, 0.1) is 6.42 Å². The van der Waals surface area contributed by atoms with Gasteiger partial charge < -0.3 is 15.3 Å². The fraction of sp³-hybridized carbons (Fsp3) is 0.833. The van der Waals surface area contributed by atoms with Gasteiger partial charge in [0.15, 0.2) is 0 Å². The van der Waals surface area contributed by atoms with Crippen molar-refractivity contribution >= 4 is 11.9 Å². The number of carboxylic acid groups (broad SMARTS) is 1. The lowest BCUT2D eigenvalue weighted by molar-refractivity contribution is -0.139. The van der Waals surface area contributed by atoms with Crippen LogP contribution < -0.4 is 5.32 Å². The summed E-state index contributed by atoms with van der Waals surface area (Å²) in [5.41, 5.74) is 0. The van der Waals surface area contributed by atoms with E-state index < -0.39 is 5.97 Å². The van der Waals surface area contributed by atoms with Gasteiger partial charge in [0.1, 0.15) is 0 Å². The van der Waals surface area contributed by atoms with Crippen LogP contribution in [0, 0.1) is 5.92 Å². The van der Waals surface area contributed by atoms with E-state index in [-0.39, 0.29) is 18.4 Å². The largest absolute Gasteiger partial charge is 0.481 e. The maximum absolute atomic E-state index is 12.1. The van der Waals surface area contributed by atoms with Crippen molar-refractivity contribution in [1.29, 1.82) is 0 Å². The first-order valence-electron chi connectivity index (χ1n) is 6.22. The van der Waals surface area contributed by atoms with Crippen LogP contribution >= 0.6 is 0 Å². The van der Waals surface area contributed by atoms with Crippen LogP contribution in [0.25, 0.3) is 0 Å². The Kier molecular flexibility index (Phi) is 5.41. The number of nitrogens with zero attached hydrogens (tertiary/aromatic N) is 1. The summed E-state index contributed by atoms with van der Waals surface area (Å²) in [7, 11) is 0. The van der Waals surface area contributed by atoms with Gasteiger partial charge in [0.25, 0.3) is 0 Å². The van der Waals surface area contributed by atoms with Crippen LogP contribution in [-0.4, -0.2) is 47.6 Å². The maximum Gasteiger partial charge on any atom is 0.305 e. The first-order chi connectivity index (χ1) is 8.00. The van der Waals surface area contributed by atoms with Crippen molar-refractivity contribution in [3.8, 4) is 0 Å². The van der Waals surface area contributed by atoms with E-state index in [4.69, 9.17) is 5.11 Å². The molecule has 1 aliphatic rings. The van der Waals surface area contributed by atoms with Crippen molar-refractivity contribution < 1.29 is 14.7 Å². The van der Waals surface area contributed by atoms with Gasteiger partial charge in [-0.25, -0.2) is 0 Å². The van der Waals surface area contributed by atoms with Gasteiger partial charge in [-0.1, -0.05) is 0 Å². The van der Waals surface area contributed by atoms with E-state index in [1.165, 1.54) is 0 Å². The van der Waals surface area contributed by atoms with Crippen molar-refractivity contribution in [2.75, 3.05) is 19.6 Å². The monoisotopic (exact) mass is 242 g/mol. The Morgan fingerprint density at radius 1 is 1.47 bits per heavy atom. The number of carboxylic acids is 1. The molecule has 98 valence electrons. The lowest BCUT2D eigenvalue weighted by Crippen LogP contribution is -2.39. The van der Waals surface area contributed by atoms with E-state index in [9.17, 15) is 9.59 Å². The highest BCUT2D eigenvalue weighted by atomic mass is 16.4. The molecule has 0 aromatic carbocycles. The summed E-state index contributed by atoms with van der Waals surface area (Å²) in [5.74, 6) is -0.366. The zero-order valence-electron chi connectivity index (χ0n) is 10.6. The third-order valence-corrected chi connectivity index (χ3v) is 3.14. The Hall–Kier alpha value is -1.10. The van der Waals surface area contributed by atoms with Gasteiger partial charge in [0, 0.05) is 19.0 Å². The quantitative estimate of drug-likeness (QED) is 0.719. The molecule has 1 saturated heterocycles. The molecule has 1 atom stereocenters. The normalized spacial score (nSPS) is 19.6. The van der Waals surface area contributed by atoms with Crippen molar-refractivity contribution in [3.63, 3.8) is 0 Å². The van der Waals surface area contributed by atoms with Gasteiger partial charge in [-0.15, -0.1) is 0 Å². The molecule has 1 amide bonds. The molecule has 1 heterocycles. The molecule has 2 N–H and O–H groups in total. The number of rotatable bonds is 6. The molecule has 17 heavy (non-hydrogen) atoms. The Balaban J connectivity index is 2.44. The minimum atomic E-state index is -0.856. The molecule has 0 aromatic heterocycles. The van der Waals surface area contributed by atoms with Crippen LogP contribution in [0.1, 0.15) is 33.1 Å². The molecule has 5 nitrogen and oxygen atoms in total. The molecule has 0 saturated carbocycles. The van der Waals surface area contributed by atoms with Crippen LogP contribution in [0.4, 0.5) is 0 Å². The summed E-state index contributed by atoms with van der Waals surface area (Å²) in [6, 6.07) is 0.0659. The predicted molar refractivity (Wildman–Crippen MR) is 64.7 cm³/mol.